The fourth-order valence-electron chi connectivity index (χ4n) is 2.39. The minimum absolute atomic E-state index is 0.189. The van der Waals surface area contributed by atoms with Crippen LogP contribution in [0.4, 0.5) is 5.88 Å². The molecular formula is C18H15N5O2S3. The highest BCUT2D eigenvalue weighted by Gasteiger charge is 2.14. The Hall–Kier alpha value is -2.56. The molecule has 0 radical (unpaired) electrons. The second-order valence-electron chi connectivity index (χ2n) is 5.84. The molecule has 0 aliphatic heterocycles. The zero-order valence-corrected chi connectivity index (χ0v) is 17.5. The van der Waals surface area contributed by atoms with Gasteiger partial charge < -0.3 is 4.52 Å². The highest BCUT2D eigenvalue weighted by atomic mass is 32.2. The van der Waals surface area contributed by atoms with Crippen LogP contribution in [0.2, 0.25) is 0 Å². The van der Waals surface area contributed by atoms with Crippen molar-refractivity contribution in [1.82, 2.24) is 20.3 Å². The summed E-state index contributed by atoms with van der Waals surface area (Å²) < 4.78 is 4.97. The number of anilines is 1. The molecule has 28 heavy (non-hydrogen) atoms. The van der Waals surface area contributed by atoms with Gasteiger partial charge in [0.25, 0.3) is 0 Å². The number of aromatic nitrogens is 4. The maximum atomic E-state index is 12.0. The minimum atomic E-state index is -0.189. The summed E-state index contributed by atoms with van der Waals surface area (Å²) in [5.41, 5.74) is 2.43. The standard InChI is InChI=1S/C18H15N5O2S3/c1-10-8-15(25-23-10)20-14(24)9-27-16-6-5-12(21-22-16)17-11(2)19-18(28-17)13-4-3-7-26-13/h3-8H,9H2,1-2H3,(H,20,24). The van der Waals surface area contributed by atoms with Crippen molar-refractivity contribution in [1.29, 1.82) is 0 Å². The molecule has 1 amide bonds. The first-order chi connectivity index (χ1) is 13.6. The van der Waals surface area contributed by atoms with Gasteiger partial charge in [0.15, 0.2) is 0 Å². The first kappa shape index (κ1) is 18.8. The second kappa shape index (κ2) is 8.21. The molecule has 0 saturated carbocycles. The van der Waals surface area contributed by atoms with Gasteiger partial charge in [-0.1, -0.05) is 23.0 Å². The second-order valence-corrected chi connectivity index (χ2v) is 8.78. The van der Waals surface area contributed by atoms with Crippen LogP contribution in [0.15, 0.2) is 45.3 Å². The first-order valence-electron chi connectivity index (χ1n) is 8.30. The number of thioether (sulfide) groups is 1. The van der Waals surface area contributed by atoms with E-state index in [4.69, 9.17) is 4.52 Å². The molecule has 142 valence electrons. The Balaban J connectivity index is 1.39. The Labute approximate surface area is 173 Å². The van der Waals surface area contributed by atoms with E-state index in [-0.39, 0.29) is 11.7 Å². The summed E-state index contributed by atoms with van der Waals surface area (Å²) in [6.07, 6.45) is 0. The van der Waals surface area contributed by atoms with E-state index < -0.39 is 0 Å². The average molecular weight is 430 g/mol. The van der Waals surface area contributed by atoms with Crippen LogP contribution in [0.25, 0.3) is 20.5 Å². The van der Waals surface area contributed by atoms with Crippen molar-refractivity contribution in [3.05, 3.63) is 47.1 Å². The number of rotatable bonds is 6. The van der Waals surface area contributed by atoms with E-state index in [0.29, 0.717) is 16.6 Å². The van der Waals surface area contributed by atoms with E-state index in [1.54, 1.807) is 35.7 Å². The third-order valence-corrected chi connectivity index (χ3v) is 6.78. The van der Waals surface area contributed by atoms with Gasteiger partial charge in [-0.3, -0.25) is 10.1 Å². The lowest BCUT2D eigenvalue weighted by molar-refractivity contribution is -0.113. The van der Waals surface area contributed by atoms with Gasteiger partial charge in [0.05, 0.1) is 26.9 Å². The number of nitrogens with zero attached hydrogens (tertiary/aromatic N) is 4. The third kappa shape index (κ3) is 4.29. The molecule has 0 aliphatic carbocycles. The summed E-state index contributed by atoms with van der Waals surface area (Å²) in [6, 6.07) is 9.51. The van der Waals surface area contributed by atoms with Gasteiger partial charge in [0.2, 0.25) is 11.8 Å². The van der Waals surface area contributed by atoms with Crippen LogP contribution in [-0.4, -0.2) is 32.0 Å². The van der Waals surface area contributed by atoms with Crippen LogP contribution in [0, 0.1) is 13.8 Å². The number of hydrogen-bond donors (Lipinski definition) is 1. The predicted molar refractivity (Wildman–Crippen MR) is 112 cm³/mol. The Morgan fingerprint density at radius 3 is 2.82 bits per heavy atom. The number of amides is 1. The largest absolute Gasteiger partial charge is 0.338 e. The van der Waals surface area contributed by atoms with Crippen LogP contribution < -0.4 is 5.32 Å². The van der Waals surface area contributed by atoms with Gasteiger partial charge >= 0.3 is 0 Å². The number of carbonyl (C=O) groups excluding carboxylic acids is 1. The van der Waals surface area contributed by atoms with Crippen molar-refractivity contribution >= 4 is 46.2 Å². The van der Waals surface area contributed by atoms with Gasteiger partial charge in [-0.2, -0.15) is 0 Å². The van der Waals surface area contributed by atoms with Gasteiger partial charge in [-0.15, -0.1) is 32.9 Å². The smallest absolute Gasteiger partial charge is 0.237 e. The van der Waals surface area contributed by atoms with Crippen LogP contribution in [0.1, 0.15) is 11.4 Å². The average Bonchev–Trinajstić information content (AvgIpc) is 3.42. The molecule has 0 saturated heterocycles. The summed E-state index contributed by atoms with van der Waals surface area (Å²) in [5.74, 6) is 0.355. The molecule has 0 aliphatic rings. The van der Waals surface area contributed by atoms with E-state index in [1.807, 2.05) is 30.5 Å². The molecule has 4 heterocycles. The molecule has 0 aromatic carbocycles. The molecule has 0 spiro atoms. The van der Waals surface area contributed by atoms with Gasteiger partial charge in [0.1, 0.15) is 15.7 Å². The summed E-state index contributed by atoms with van der Waals surface area (Å²) in [7, 11) is 0. The van der Waals surface area contributed by atoms with Crippen molar-refractivity contribution in [3.63, 3.8) is 0 Å². The van der Waals surface area contributed by atoms with Crippen LogP contribution >= 0.6 is 34.4 Å². The highest BCUT2D eigenvalue weighted by molar-refractivity contribution is 7.99. The molecule has 4 rings (SSSR count). The van der Waals surface area contributed by atoms with Crippen LogP contribution in [0.3, 0.4) is 0 Å². The molecule has 0 fully saturated rings. The fourth-order valence-corrected chi connectivity index (χ4v) is 4.84. The lowest BCUT2D eigenvalue weighted by atomic mass is 10.3. The highest BCUT2D eigenvalue weighted by Crippen LogP contribution is 2.36. The Kier molecular flexibility index (Phi) is 5.51. The molecule has 7 nitrogen and oxygen atoms in total. The number of hydrogen-bond acceptors (Lipinski definition) is 9. The molecular weight excluding hydrogens is 414 g/mol. The minimum Gasteiger partial charge on any atom is -0.338 e. The lowest BCUT2D eigenvalue weighted by Crippen LogP contribution is -2.13. The zero-order chi connectivity index (χ0) is 19.5. The lowest BCUT2D eigenvalue weighted by Gasteiger charge is -2.02. The third-order valence-electron chi connectivity index (χ3n) is 3.64. The van der Waals surface area contributed by atoms with Crippen molar-refractivity contribution < 1.29 is 9.32 Å². The topological polar surface area (TPSA) is 93.8 Å². The summed E-state index contributed by atoms with van der Waals surface area (Å²) in [6.45, 7) is 3.77. The van der Waals surface area contributed by atoms with Gasteiger partial charge in [0, 0.05) is 6.07 Å². The zero-order valence-electron chi connectivity index (χ0n) is 15.0. The van der Waals surface area contributed by atoms with E-state index in [2.05, 4.69) is 31.7 Å². The summed E-state index contributed by atoms with van der Waals surface area (Å²) in [5, 5.41) is 18.6. The van der Waals surface area contributed by atoms with Crippen molar-refractivity contribution in [2.45, 2.75) is 18.9 Å². The van der Waals surface area contributed by atoms with E-state index in [0.717, 1.165) is 26.1 Å². The van der Waals surface area contributed by atoms with Crippen molar-refractivity contribution in [2.75, 3.05) is 11.1 Å². The molecule has 4 aromatic heterocycles. The number of aryl methyl sites for hydroxylation is 2. The fraction of sp³-hybridized carbons (Fsp3) is 0.167. The Bertz CT molecular complexity index is 1090. The van der Waals surface area contributed by atoms with Crippen LogP contribution in [-0.2, 0) is 4.79 Å². The molecule has 4 aromatic rings. The van der Waals surface area contributed by atoms with E-state index in [1.165, 1.54) is 11.8 Å². The SMILES string of the molecule is Cc1cc(NC(=O)CSc2ccc(-c3sc(-c4cccs4)nc3C)nn2)on1. The Morgan fingerprint density at radius 2 is 2.14 bits per heavy atom. The van der Waals surface area contributed by atoms with Crippen LogP contribution in [0.5, 0.6) is 0 Å². The summed E-state index contributed by atoms with van der Waals surface area (Å²) in [4.78, 5) is 18.8. The normalized spacial score (nSPS) is 10.9. The predicted octanol–water partition coefficient (Wildman–Crippen LogP) is 4.66. The number of thiophene rings is 1. The Morgan fingerprint density at radius 1 is 1.25 bits per heavy atom. The van der Waals surface area contributed by atoms with E-state index in [9.17, 15) is 4.79 Å². The van der Waals surface area contributed by atoms with E-state index >= 15 is 0 Å². The molecule has 10 heteroatoms. The van der Waals surface area contributed by atoms with Gasteiger partial charge in [-0.05, 0) is 37.4 Å². The number of carbonyl (C=O) groups is 1. The quantitative estimate of drug-likeness (QED) is 0.445. The number of thiazole rings is 1. The van der Waals surface area contributed by atoms with Crippen molar-refractivity contribution in [3.8, 4) is 20.5 Å². The first-order valence-corrected chi connectivity index (χ1v) is 11.0. The van der Waals surface area contributed by atoms with Crippen molar-refractivity contribution in [2.24, 2.45) is 0 Å². The maximum absolute atomic E-state index is 12.0. The van der Waals surface area contributed by atoms with Gasteiger partial charge in [-0.25, -0.2) is 4.98 Å². The number of nitrogens with one attached hydrogen (secondary N) is 1. The molecule has 0 bridgehead atoms. The molecule has 0 atom stereocenters. The maximum Gasteiger partial charge on any atom is 0.237 e. The molecule has 0 unspecified atom stereocenters. The summed E-state index contributed by atoms with van der Waals surface area (Å²) >= 11 is 4.58. The molecule has 1 N–H and O–H groups in total. The monoisotopic (exact) mass is 429 g/mol.